The summed E-state index contributed by atoms with van der Waals surface area (Å²) in [4.78, 5) is 0. The average molecular weight is 615 g/mol. The molecular formula is C35H32Cl2Zr. The van der Waals surface area contributed by atoms with E-state index in [1.54, 1.807) is 0 Å². The molecular weight excluding hydrogens is 583 g/mol. The first-order chi connectivity index (χ1) is 18.5. The van der Waals surface area contributed by atoms with E-state index in [1.807, 2.05) is 0 Å². The standard InChI is InChI=1S/C17H17.C13H10.C5H5.2ClH.Zr/c1-2-3-8-13-14-9-4-6-11-16(14)17-12-7-5-10-15(13)17;1-3-7-12(8-4-1)11-13-9-5-2-6-10-13;1-2-4-5-3-1;;;/h4-7,9-12H,2-3,8H2,1H3;1-10H;1-5H;2*1H;/q;;;;;+2/p-2. The fourth-order valence-electron chi connectivity index (χ4n) is 7.10. The first-order valence-corrected chi connectivity index (χ1v) is 23.8. The molecule has 6 rings (SSSR count). The van der Waals surface area contributed by atoms with Crippen LogP contribution in [0.25, 0.3) is 11.1 Å². The van der Waals surface area contributed by atoms with Gasteiger partial charge in [-0.15, -0.1) is 0 Å². The normalized spacial score (nSPS) is 15.9. The molecule has 4 aromatic rings. The van der Waals surface area contributed by atoms with Crippen LogP contribution < -0.4 is 0 Å². The summed E-state index contributed by atoms with van der Waals surface area (Å²) in [6.07, 6.45) is 11.9. The first-order valence-electron chi connectivity index (χ1n) is 13.6. The Morgan fingerprint density at radius 3 is 1.58 bits per heavy atom. The van der Waals surface area contributed by atoms with Crippen molar-refractivity contribution in [2.45, 2.75) is 32.9 Å². The summed E-state index contributed by atoms with van der Waals surface area (Å²) < 4.78 is 0.601. The Morgan fingerprint density at radius 1 is 0.658 bits per heavy atom. The van der Waals surface area contributed by atoms with Crippen molar-refractivity contribution in [1.82, 2.24) is 0 Å². The van der Waals surface area contributed by atoms with Crippen LogP contribution in [0, 0.1) is 0 Å². The summed E-state index contributed by atoms with van der Waals surface area (Å²) in [6, 6.07) is 39.1. The van der Waals surface area contributed by atoms with E-state index in [0.29, 0.717) is 0 Å². The SMILES string of the molecule is CCCC[C]1([Zr]([Cl])([Cl])(=[C](c2ccccc2)c2ccccc2)[CH]2C=CC=C2)c2ccccc2-c2ccccc21. The molecule has 0 saturated heterocycles. The zero-order valence-corrected chi connectivity index (χ0v) is 25.6. The molecule has 0 saturated carbocycles. The quantitative estimate of drug-likeness (QED) is 0.194. The van der Waals surface area contributed by atoms with Crippen molar-refractivity contribution in [3.63, 3.8) is 0 Å². The van der Waals surface area contributed by atoms with Gasteiger partial charge < -0.3 is 0 Å². The Kier molecular flexibility index (Phi) is 6.84. The fraction of sp³-hybridized carbons (Fsp3) is 0.171. The van der Waals surface area contributed by atoms with E-state index in [2.05, 4.69) is 140 Å². The zero-order chi connectivity index (χ0) is 26.2. The maximum absolute atomic E-state index is 8.73. The molecule has 0 atom stereocenters. The minimum absolute atomic E-state index is 0.0498. The summed E-state index contributed by atoms with van der Waals surface area (Å²) in [5.74, 6) is 0. The van der Waals surface area contributed by atoms with E-state index < -0.39 is 19.0 Å². The number of benzene rings is 4. The molecule has 0 spiro atoms. The second kappa shape index (κ2) is 10.0. The molecule has 190 valence electrons. The van der Waals surface area contributed by atoms with Gasteiger partial charge >= 0.3 is 236 Å². The predicted octanol–water partition coefficient (Wildman–Crippen LogP) is 10.3. The summed E-state index contributed by atoms with van der Waals surface area (Å²) in [5.41, 5.74) is 7.38. The number of hydrogen-bond acceptors (Lipinski definition) is 0. The molecule has 0 heterocycles. The summed E-state index contributed by atoms with van der Waals surface area (Å²) >= 11 is -5.37. The number of fused-ring (bicyclic) bond motifs is 3. The zero-order valence-electron chi connectivity index (χ0n) is 21.7. The minimum atomic E-state index is -5.37. The molecule has 0 unspecified atom stereocenters. The Bertz CT molecular complexity index is 1510. The number of allylic oxidation sites excluding steroid dienone is 4. The second-order valence-corrected chi connectivity index (χ2v) is 31.3. The molecule has 0 radical (unpaired) electrons. The van der Waals surface area contributed by atoms with Crippen LogP contribution in [0.3, 0.4) is 0 Å². The van der Waals surface area contributed by atoms with Gasteiger partial charge in [-0.05, 0) is 0 Å². The topological polar surface area (TPSA) is 0 Å². The van der Waals surface area contributed by atoms with Gasteiger partial charge in [0.2, 0.25) is 0 Å². The molecule has 2 aliphatic carbocycles. The Balaban J connectivity index is 1.91. The third-order valence-electron chi connectivity index (χ3n) is 8.67. The molecule has 0 aromatic heterocycles. The number of unbranched alkanes of at least 4 members (excludes halogenated alkanes) is 1. The van der Waals surface area contributed by atoms with Gasteiger partial charge in [-0.1, -0.05) is 0 Å². The Labute approximate surface area is 234 Å². The summed E-state index contributed by atoms with van der Waals surface area (Å²) in [6.45, 7) is 2.27. The molecule has 0 N–H and O–H groups in total. The maximum atomic E-state index is 8.73. The van der Waals surface area contributed by atoms with E-state index in [1.165, 1.54) is 22.3 Å². The van der Waals surface area contributed by atoms with Gasteiger partial charge in [-0.25, -0.2) is 0 Å². The van der Waals surface area contributed by atoms with Crippen LogP contribution in [0.5, 0.6) is 0 Å². The van der Waals surface area contributed by atoms with Crippen molar-refractivity contribution in [2.24, 2.45) is 0 Å². The van der Waals surface area contributed by atoms with Crippen LogP contribution in [-0.4, -0.2) is 3.21 Å². The van der Waals surface area contributed by atoms with Crippen LogP contribution in [0.15, 0.2) is 133 Å². The monoisotopic (exact) mass is 612 g/mol. The van der Waals surface area contributed by atoms with Crippen LogP contribution in [0.4, 0.5) is 0 Å². The van der Waals surface area contributed by atoms with Crippen LogP contribution in [-0.2, 0) is 19.0 Å². The molecule has 4 aromatic carbocycles. The van der Waals surface area contributed by atoms with Crippen molar-refractivity contribution in [3.8, 4) is 11.1 Å². The first kappa shape index (κ1) is 25.9. The van der Waals surface area contributed by atoms with Crippen molar-refractivity contribution in [3.05, 3.63) is 156 Å². The summed E-state index contributed by atoms with van der Waals surface area (Å²) in [7, 11) is 17.5. The molecule has 0 amide bonds. The molecule has 38 heavy (non-hydrogen) atoms. The Morgan fingerprint density at radius 2 is 1.11 bits per heavy atom. The van der Waals surface area contributed by atoms with Crippen molar-refractivity contribution in [2.75, 3.05) is 0 Å². The number of rotatable bonds is 7. The molecule has 0 bridgehead atoms. The fourth-order valence-corrected chi connectivity index (χ4v) is 28.9. The molecule has 3 heteroatoms. The van der Waals surface area contributed by atoms with E-state index in [-0.39, 0.29) is 3.63 Å². The van der Waals surface area contributed by atoms with Crippen LogP contribution >= 0.6 is 17.0 Å². The third kappa shape index (κ3) is 3.62. The van der Waals surface area contributed by atoms with E-state index in [0.717, 1.165) is 33.6 Å². The van der Waals surface area contributed by atoms with E-state index in [4.69, 9.17) is 17.0 Å². The predicted molar refractivity (Wildman–Crippen MR) is 162 cm³/mol. The van der Waals surface area contributed by atoms with Crippen molar-refractivity contribution < 1.29 is 15.9 Å². The second-order valence-electron chi connectivity index (χ2n) is 10.6. The number of hydrogen-bond donors (Lipinski definition) is 0. The van der Waals surface area contributed by atoms with Gasteiger partial charge in [-0.2, -0.15) is 0 Å². The van der Waals surface area contributed by atoms with Gasteiger partial charge in [0.1, 0.15) is 0 Å². The van der Waals surface area contributed by atoms with Gasteiger partial charge in [0.15, 0.2) is 0 Å². The van der Waals surface area contributed by atoms with Crippen molar-refractivity contribution >= 4 is 20.2 Å². The van der Waals surface area contributed by atoms with Gasteiger partial charge in [0.25, 0.3) is 0 Å². The Hall–Kier alpha value is -2.31. The molecule has 0 fully saturated rings. The third-order valence-corrected chi connectivity index (χ3v) is 31.0. The van der Waals surface area contributed by atoms with Gasteiger partial charge in [0, 0.05) is 0 Å². The number of halogens is 2. The summed E-state index contributed by atoms with van der Waals surface area (Å²) in [5, 5.41) is 0. The molecule has 0 nitrogen and oxygen atoms in total. The van der Waals surface area contributed by atoms with E-state index in [9.17, 15) is 0 Å². The average Bonchev–Trinajstić information content (AvgIpc) is 3.61. The van der Waals surface area contributed by atoms with Gasteiger partial charge in [0.05, 0.1) is 0 Å². The van der Waals surface area contributed by atoms with Crippen molar-refractivity contribution in [1.29, 1.82) is 0 Å². The molecule has 2 aliphatic rings. The molecule has 0 aliphatic heterocycles. The van der Waals surface area contributed by atoms with Crippen LogP contribution in [0.1, 0.15) is 48.4 Å². The van der Waals surface area contributed by atoms with E-state index >= 15 is 0 Å². The van der Waals surface area contributed by atoms with Gasteiger partial charge in [-0.3, -0.25) is 0 Å². The van der Waals surface area contributed by atoms with Crippen LogP contribution in [0.2, 0.25) is 3.63 Å².